The second kappa shape index (κ2) is 25.7. The molecule has 28 heteroatoms. The topological polar surface area (TPSA) is 432 Å². The van der Waals surface area contributed by atoms with Gasteiger partial charge in [0.25, 0.3) is 0 Å². The summed E-state index contributed by atoms with van der Waals surface area (Å²) < 4.78 is 34.2. The molecule has 0 aromatic heterocycles. The van der Waals surface area contributed by atoms with Gasteiger partial charge in [0.05, 0.1) is 26.4 Å². The van der Waals surface area contributed by atoms with E-state index < -0.39 is 184 Å². The number of hydrogen-bond donors (Lipinski definition) is 16. The molecule has 28 nitrogen and oxygen atoms in total. The minimum Gasteiger partial charge on any atom is -0.394 e. The zero-order valence-corrected chi connectivity index (χ0v) is 37.3. The lowest BCUT2D eigenvalue weighted by atomic mass is 9.95. The third kappa shape index (κ3) is 15.1. The molecule has 0 aliphatic carbocycles. The average Bonchev–Trinajstić information content (AvgIpc) is 3.25. The summed E-state index contributed by atoms with van der Waals surface area (Å²) >= 11 is 0. The summed E-state index contributed by atoms with van der Waals surface area (Å²) in [6.07, 6.45) is -24.1. The van der Waals surface area contributed by atoms with Crippen LogP contribution in [0, 0.1) is 0 Å². The number of carbonyl (C=O) groups excluding carboxylic acids is 6. The molecule has 4 saturated heterocycles. The molecular weight excluding hydrogens is 904 g/mol. The highest BCUT2D eigenvalue weighted by Gasteiger charge is 2.51. The first-order chi connectivity index (χ1) is 31.6. The Morgan fingerprint density at radius 2 is 0.701 bits per heavy atom. The van der Waals surface area contributed by atoms with Crippen LogP contribution in [-0.4, -0.2) is 235 Å². The molecule has 0 spiro atoms. The molecule has 20 atom stereocenters. The average molecular weight is 971 g/mol. The van der Waals surface area contributed by atoms with Crippen LogP contribution in [0.15, 0.2) is 0 Å². The van der Waals surface area contributed by atoms with Crippen molar-refractivity contribution in [3.63, 3.8) is 0 Å². The number of nitrogens with one attached hydrogen (secondary N) is 6. The summed E-state index contributed by atoms with van der Waals surface area (Å²) in [5.74, 6) is -3.74. The summed E-state index contributed by atoms with van der Waals surface area (Å²) in [5, 5.41) is 119. The second-order valence-electron chi connectivity index (χ2n) is 16.8. The molecule has 0 aromatic rings. The minimum atomic E-state index is -1.71. The number of ether oxygens (including phenoxy) is 6. The van der Waals surface area contributed by atoms with E-state index in [1.165, 1.54) is 0 Å². The fraction of sp³-hybridized carbons (Fsp3) is 0.846. The van der Waals surface area contributed by atoms with E-state index in [9.17, 15) is 79.8 Å². The fourth-order valence-corrected chi connectivity index (χ4v) is 8.06. The van der Waals surface area contributed by atoms with Gasteiger partial charge in [0, 0.05) is 40.5 Å². The third-order valence-corrected chi connectivity index (χ3v) is 11.5. The van der Waals surface area contributed by atoms with Gasteiger partial charge in [-0.2, -0.15) is 0 Å². The van der Waals surface area contributed by atoms with E-state index in [1.807, 2.05) is 0 Å². The van der Waals surface area contributed by atoms with Crippen molar-refractivity contribution in [2.45, 2.75) is 182 Å². The maximum atomic E-state index is 13.1. The third-order valence-electron chi connectivity index (χ3n) is 11.5. The predicted molar refractivity (Wildman–Crippen MR) is 219 cm³/mol. The van der Waals surface area contributed by atoms with Gasteiger partial charge in [-0.1, -0.05) is 6.42 Å². The Morgan fingerprint density at radius 3 is 1.01 bits per heavy atom. The number of aliphatic hydroxyl groups excluding tert-OH is 10. The lowest BCUT2D eigenvalue weighted by Gasteiger charge is -2.45. The predicted octanol–water partition coefficient (Wildman–Crippen LogP) is -9.01. The Balaban J connectivity index is 1.30. The number of amides is 6. The maximum Gasteiger partial charge on any atom is 0.222 e. The molecular formula is C39H66N6O22. The minimum absolute atomic E-state index is 0.143. The molecule has 4 rings (SSSR count). The van der Waals surface area contributed by atoms with E-state index in [0.717, 1.165) is 27.7 Å². The van der Waals surface area contributed by atoms with E-state index in [0.29, 0.717) is 6.42 Å². The van der Waals surface area contributed by atoms with Crippen LogP contribution < -0.4 is 31.9 Å². The summed E-state index contributed by atoms with van der Waals surface area (Å²) in [4.78, 5) is 73.9. The van der Waals surface area contributed by atoms with Crippen LogP contribution in [-0.2, 0) is 57.2 Å². The van der Waals surface area contributed by atoms with Crippen molar-refractivity contribution in [2.75, 3.05) is 26.4 Å². The van der Waals surface area contributed by atoms with Gasteiger partial charge in [0.1, 0.15) is 97.4 Å². The van der Waals surface area contributed by atoms with Crippen molar-refractivity contribution >= 4 is 35.4 Å². The van der Waals surface area contributed by atoms with Gasteiger partial charge < -0.3 is 111 Å². The van der Waals surface area contributed by atoms with Crippen LogP contribution in [0.2, 0.25) is 0 Å². The lowest BCUT2D eigenvalue weighted by molar-refractivity contribution is -0.286. The number of rotatable bonds is 20. The van der Waals surface area contributed by atoms with Gasteiger partial charge in [-0.15, -0.1) is 0 Å². The monoisotopic (exact) mass is 970 g/mol. The van der Waals surface area contributed by atoms with Crippen LogP contribution in [0.4, 0.5) is 0 Å². The number of hydrogen-bond acceptors (Lipinski definition) is 22. The molecule has 6 amide bonds. The Hall–Kier alpha value is -3.82. The Morgan fingerprint density at radius 1 is 0.403 bits per heavy atom. The van der Waals surface area contributed by atoms with Gasteiger partial charge in [-0.05, 0) is 12.8 Å². The Labute approximate surface area is 383 Å². The molecule has 16 N–H and O–H groups in total. The first-order valence-corrected chi connectivity index (χ1v) is 21.8. The molecule has 0 aromatic carbocycles. The summed E-state index contributed by atoms with van der Waals surface area (Å²) in [6.45, 7) is 1.93. The Kier molecular flexibility index (Phi) is 21.4. The van der Waals surface area contributed by atoms with Crippen molar-refractivity contribution in [1.82, 2.24) is 31.9 Å². The highest BCUT2D eigenvalue weighted by atomic mass is 16.7. The largest absolute Gasteiger partial charge is 0.394 e. The van der Waals surface area contributed by atoms with Crippen molar-refractivity contribution in [3.05, 3.63) is 0 Å². The fourth-order valence-electron chi connectivity index (χ4n) is 8.06. The molecule has 0 bridgehead atoms. The Bertz CT molecular complexity index is 1550. The highest BCUT2D eigenvalue weighted by Crippen LogP contribution is 2.28. The SMILES string of the molecule is CC(=O)N[C@@H]1[C@@H](O)[C@H](O)[C@@H](CO[C@@H]2O[C@H](CO)[C@@H](O)[C@H](O)[C@H]2NC(C)=O)O[C@H]1NC(=O)CCCCCC(=O)N[C@@H]1O[C@H](CO[C@@H]2O[C@H](CO)[C@@H](O)[C@H](O)[C@H]2NC(C)=O)[C@@H](O)[C@H](O)[C@H]1NC(C)=O. The molecule has 0 radical (unpaired) electrons. The van der Waals surface area contributed by atoms with E-state index >= 15 is 0 Å². The standard InChI is InChI=1S/C39H66N6O22/c1-14(48)40-24-32(58)30(56)20(12-62-38-26(42-16(3)50)34(60)28(54)18(10-46)66-38)64-36(24)44-22(52)8-6-5-7-9-23(53)45-37-25(41-15(2)49)33(59)31(57)21(65-37)13-63-39-27(43-17(4)51)35(61)29(55)19(11-47)67-39/h18-21,24-39,46-47,54-61H,5-13H2,1-4H3,(H,40,48)(H,41,49)(H,42,50)(H,43,51)(H,44,52)(H,45,53)/t18-,19-,20-,21-,24-,25-,26-,27-,28-,29-,30-,31-,32-,33-,34-,35-,36-,37-,38-,39-/m1/s1. The van der Waals surface area contributed by atoms with Crippen molar-refractivity contribution in [1.29, 1.82) is 0 Å². The number of carbonyl (C=O) groups is 6. The molecule has 384 valence electrons. The second-order valence-corrected chi connectivity index (χ2v) is 16.8. The molecule has 4 heterocycles. The van der Waals surface area contributed by atoms with Crippen molar-refractivity contribution < 1.29 is 108 Å². The van der Waals surface area contributed by atoms with Crippen molar-refractivity contribution in [3.8, 4) is 0 Å². The van der Waals surface area contributed by atoms with E-state index in [4.69, 9.17) is 28.4 Å². The normalized spacial score (nSPS) is 38.8. The van der Waals surface area contributed by atoms with Crippen LogP contribution in [0.25, 0.3) is 0 Å². The molecule has 67 heavy (non-hydrogen) atoms. The molecule has 4 aliphatic heterocycles. The van der Waals surface area contributed by atoms with Gasteiger partial charge >= 0.3 is 0 Å². The zero-order valence-electron chi connectivity index (χ0n) is 37.3. The van der Waals surface area contributed by atoms with Gasteiger partial charge in [-0.3, -0.25) is 28.8 Å². The number of unbranched alkanes of at least 4 members (excludes halogenated alkanes) is 2. The van der Waals surface area contributed by atoms with Crippen molar-refractivity contribution in [2.24, 2.45) is 0 Å². The maximum absolute atomic E-state index is 13.1. The summed E-state index contributed by atoms with van der Waals surface area (Å²) in [6, 6.07) is -5.36. The highest BCUT2D eigenvalue weighted by molar-refractivity contribution is 5.78. The van der Waals surface area contributed by atoms with E-state index in [1.54, 1.807) is 0 Å². The molecule has 4 aliphatic rings. The van der Waals surface area contributed by atoms with Crippen LogP contribution in [0.3, 0.4) is 0 Å². The first-order valence-electron chi connectivity index (χ1n) is 21.8. The van der Waals surface area contributed by atoms with E-state index in [-0.39, 0.29) is 25.7 Å². The molecule has 0 unspecified atom stereocenters. The smallest absolute Gasteiger partial charge is 0.222 e. The number of aliphatic hydroxyl groups is 10. The zero-order chi connectivity index (χ0) is 49.9. The molecule has 0 saturated carbocycles. The lowest BCUT2D eigenvalue weighted by Crippen LogP contribution is -2.68. The quantitative estimate of drug-likeness (QED) is 0.0504. The van der Waals surface area contributed by atoms with Crippen LogP contribution in [0.1, 0.15) is 59.8 Å². The van der Waals surface area contributed by atoms with Crippen LogP contribution >= 0.6 is 0 Å². The molecule has 4 fully saturated rings. The van der Waals surface area contributed by atoms with E-state index in [2.05, 4.69) is 31.9 Å². The summed E-state index contributed by atoms with van der Waals surface area (Å²) in [5.41, 5.74) is 0. The van der Waals surface area contributed by atoms with Gasteiger partial charge in [-0.25, -0.2) is 0 Å². The first kappa shape index (κ1) is 55.8. The van der Waals surface area contributed by atoms with Crippen LogP contribution in [0.5, 0.6) is 0 Å². The van der Waals surface area contributed by atoms with Gasteiger partial charge in [0.15, 0.2) is 25.0 Å². The van der Waals surface area contributed by atoms with Gasteiger partial charge in [0.2, 0.25) is 35.4 Å². The summed E-state index contributed by atoms with van der Waals surface area (Å²) in [7, 11) is 0.